The molecule has 2 aromatic rings. The third-order valence-electron chi connectivity index (χ3n) is 3.85. The van der Waals surface area contributed by atoms with Gasteiger partial charge in [-0.1, -0.05) is 48.1 Å². The summed E-state index contributed by atoms with van der Waals surface area (Å²) >= 11 is 0. The molecule has 0 saturated carbocycles. The molecule has 0 amide bonds. The van der Waals surface area contributed by atoms with E-state index < -0.39 is 0 Å². The fourth-order valence-corrected chi connectivity index (χ4v) is 3.40. The number of nitrogens with one attached hydrogen (secondary N) is 2. The second kappa shape index (κ2) is 9.84. The average Bonchev–Trinajstić information content (AvgIpc) is 3.11. The Labute approximate surface area is 158 Å². The molecule has 26 heavy (non-hydrogen) atoms. The first kappa shape index (κ1) is 19.8. The van der Waals surface area contributed by atoms with E-state index in [-0.39, 0.29) is 0 Å². The zero-order valence-electron chi connectivity index (χ0n) is 15.9. The van der Waals surface area contributed by atoms with Gasteiger partial charge in [-0.3, -0.25) is 0 Å². The molecule has 3 nitrogen and oxygen atoms in total. The van der Waals surface area contributed by atoms with Crippen LogP contribution in [0.3, 0.4) is 0 Å². The van der Waals surface area contributed by atoms with Crippen molar-refractivity contribution >= 4 is 25.3 Å². The van der Waals surface area contributed by atoms with E-state index >= 15 is 0 Å². The summed E-state index contributed by atoms with van der Waals surface area (Å²) in [4.78, 5) is 4.82. The van der Waals surface area contributed by atoms with Crippen molar-refractivity contribution in [2.75, 3.05) is 11.9 Å². The van der Waals surface area contributed by atoms with Crippen molar-refractivity contribution in [3.05, 3.63) is 83.7 Å². The third-order valence-corrected chi connectivity index (χ3v) is 4.95. The van der Waals surface area contributed by atoms with Crippen LogP contribution in [-0.4, -0.2) is 12.4 Å². The SMILES string of the molecule is C=C/C(=C(\N=C(/C)Nc1ccc(C)cc1)NCCC(=C)C)c1ccc[pH]1. The average molecular weight is 365 g/mol. The molecule has 4 heteroatoms. The molecule has 0 saturated heterocycles. The van der Waals surface area contributed by atoms with E-state index in [2.05, 4.69) is 72.9 Å². The summed E-state index contributed by atoms with van der Waals surface area (Å²) in [5.74, 6) is 3.85. The molecule has 0 aliphatic heterocycles. The number of benzene rings is 1. The summed E-state index contributed by atoms with van der Waals surface area (Å²) in [7, 11) is 0.653. The number of anilines is 1. The molecule has 0 bridgehead atoms. The van der Waals surface area contributed by atoms with E-state index in [1.165, 1.54) is 10.9 Å². The summed E-state index contributed by atoms with van der Waals surface area (Å²) in [6.07, 6.45) is 2.80. The molecule has 0 radical (unpaired) electrons. The predicted octanol–water partition coefficient (Wildman–Crippen LogP) is 5.97. The maximum absolute atomic E-state index is 4.82. The van der Waals surface area contributed by atoms with Crippen molar-refractivity contribution in [3.8, 4) is 0 Å². The Morgan fingerprint density at radius 3 is 2.50 bits per heavy atom. The maximum atomic E-state index is 4.82. The molecule has 1 aromatic carbocycles. The van der Waals surface area contributed by atoms with E-state index in [1.807, 2.05) is 19.9 Å². The van der Waals surface area contributed by atoms with E-state index in [9.17, 15) is 0 Å². The molecule has 1 aromatic heterocycles. The van der Waals surface area contributed by atoms with Gasteiger partial charge in [0.2, 0.25) is 0 Å². The minimum absolute atomic E-state index is 0.653. The first-order chi connectivity index (χ1) is 12.5. The van der Waals surface area contributed by atoms with Crippen LogP contribution in [0.1, 0.15) is 31.1 Å². The number of nitrogens with zero attached hydrogens (tertiary/aromatic N) is 1. The Hall–Kier alpha value is -2.51. The summed E-state index contributed by atoms with van der Waals surface area (Å²) in [5.41, 5.74) is 4.48. The maximum Gasteiger partial charge on any atom is 0.136 e. The quantitative estimate of drug-likeness (QED) is 0.262. The summed E-state index contributed by atoms with van der Waals surface area (Å²) in [5, 5.41) is 8.07. The van der Waals surface area contributed by atoms with Crippen LogP contribution in [-0.2, 0) is 0 Å². The van der Waals surface area contributed by atoms with Crippen molar-refractivity contribution in [1.82, 2.24) is 5.32 Å². The van der Waals surface area contributed by atoms with E-state index in [0.29, 0.717) is 8.19 Å². The summed E-state index contributed by atoms with van der Waals surface area (Å²) < 4.78 is 0. The van der Waals surface area contributed by atoms with E-state index in [0.717, 1.165) is 41.5 Å². The van der Waals surface area contributed by atoms with Gasteiger partial charge in [-0.05, 0) is 45.1 Å². The van der Waals surface area contributed by atoms with Crippen molar-refractivity contribution in [3.63, 3.8) is 0 Å². The van der Waals surface area contributed by atoms with Crippen LogP contribution >= 0.6 is 8.19 Å². The zero-order chi connectivity index (χ0) is 18.9. The highest BCUT2D eigenvalue weighted by molar-refractivity contribution is 7.31. The lowest BCUT2D eigenvalue weighted by atomic mass is 10.2. The smallest absolute Gasteiger partial charge is 0.136 e. The Kier molecular flexibility index (Phi) is 7.50. The number of hydrogen-bond donors (Lipinski definition) is 2. The topological polar surface area (TPSA) is 36.4 Å². The van der Waals surface area contributed by atoms with Gasteiger partial charge in [-0.15, -0.1) is 14.8 Å². The molecule has 0 aliphatic carbocycles. The first-order valence-corrected chi connectivity index (χ1v) is 9.85. The monoisotopic (exact) mass is 365 g/mol. The molecular formula is C22H28N3P. The number of hydrogen-bond acceptors (Lipinski definition) is 2. The fraction of sp³-hybridized carbons (Fsp3) is 0.227. The van der Waals surface area contributed by atoms with Gasteiger partial charge in [0.05, 0.1) is 0 Å². The molecule has 0 spiro atoms. The highest BCUT2D eigenvalue weighted by Crippen LogP contribution is 2.27. The summed E-state index contributed by atoms with van der Waals surface area (Å²) in [6, 6.07) is 12.5. The molecule has 2 N–H and O–H groups in total. The Morgan fingerprint density at radius 2 is 1.92 bits per heavy atom. The van der Waals surface area contributed by atoms with Gasteiger partial charge in [-0.25, -0.2) is 4.99 Å². The Balaban J connectivity index is 2.28. The van der Waals surface area contributed by atoms with Gasteiger partial charge in [0.25, 0.3) is 0 Å². The number of rotatable bonds is 8. The molecule has 1 heterocycles. The lowest BCUT2D eigenvalue weighted by Gasteiger charge is -2.13. The predicted molar refractivity (Wildman–Crippen MR) is 118 cm³/mol. The second-order valence-electron chi connectivity index (χ2n) is 6.37. The molecule has 136 valence electrons. The number of aryl methyl sites for hydroxylation is 1. The van der Waals surface area contributed by atoms with Crippen LogP contribution in [0.25, 0.3) is 5.57 Å². The largest absolute Gasteiger partial charge is 0.369 e. The zero-order valence-corrected chi connectivity index (χ0v) is 16.9. The minimum Gasteiger partial charge on any atom is -0.369 e. The lowest BCUT2D eigenvalue weighted by molar-refractivity contribution is 0.778. The van der Waals surface area contributed by atoms with Crippen LogP contribution in [0, 0.1) is 6.92 Å². The minimum atomic E-state index is 0.653. The molecular weight excluding hydrogens is 337 g/mol. The van der Waals surface area contributed by atoms with Crippen molar-refractivity contribution < 1.29 is 0 Å². The van der Waals surface area contributed by atoms with Gasteiger partial charge in [-0.2, -0.15) is 0 Å². The van der Waals surface area contributed by atoms with Crippen LogP contribution in [0.2, 0.25) is 0 Å². The lowest BCUT2D eigenvalue weighted by Crippen LogP contribution is -2.18. The Morgan fingerprint density at radius 1 is 1.19 bits per heavy atom. The normalized spacial score (nSPS) is 12.7. The van der Waals surface area contributed by atoms with Gasteiger partial charge in [0.15, 0.2) is 0 Å². The third kappa shape index (κ3) is 6.09. The van der Waals surface area contributed by atoms with Gasteiger partial charge in [0.1, 0.15) is 11.7 Å². The summed E-state index contributed by atoms with van der Waals surface area (Å²) in [6.45, 7) is 14.9. The highest BCUT2D eigenvalue weighted by atomic mass is 31.0. The number of amidine groups is 1. The fourth-order valence-electron chi connectivity index (χ4n) is 2.46. The molecule has 0 aliphatic rings. The van der Waals surface area contributed by atoms with Crippen molar-refractivity contribution in [2.24, 2.45) is 4.99 Å². The van der Waals surface area contributed by atoms with Crippen molar-refractivity contribution in [2.45, 2.75) is 27.2 Å². The van der Waals surface area contributed by atoms with Gasteiger partial charge >= 0.3 is 0 Å². The highest BCUT2D eigenvalue weighted by Gasteiger charge is 2.07. The van der Waals surface area contributed by atoms with E-state index in [4.69, 9.17) is 4.99 Å². The Bertz CT molecular complexity index is 796. The molecule has 2 rings (SSSR count). The van der Waals surface area contributed by atoms with Crippen LogP contribution in [0.4, 0.5) is 5.69 Å². The van der Waals surface area contributed by atoms with Crippen molar-refractivity contribution in [1.29, 1.82) is 0 Å². The van der Waals surface area contributed by atoms with Gasteiger partial charge < -0.3 is 10.6 Å². The van der Waals surface area contributed by atoms with Crippen LogP contribution in [0.5, 0.6) is 0 Å². The molecule has 1 atom stereocenters. The molecule has 0 fully saturated rings. The van der Waals surface area contributed by atoms with Crippen LogP contribution < -0.4 is 10.6 Å². The molecule has 1 unspecified atom stereocenters. The first-order valence-electron chi connectivity index (χ1n) is 8.77. The number of allylic oxidation sites excluding steroid dienone is 2. The van der Waals surface area contributed by atoms with Crippen LogP contribution in [0.15, 0.2) is 77.8 Å². The second-order valence-corrected chi connectivity index (χ2v) is 7.53. The standard InChI is InChI=1S/C22H28N3P/c1-6-20(21-8-7-15-26-21)22(23-14-13-16(2)3)25-18(5)24-19-11-9-17(4)10-12-19/h6-12,15,23,26H,1-2,13-14H2,3-5H3,(H,24,25)/b22-20+. The number of aliphatic imine (C=N–C) groups is 1. The van der Waals surface area contributed by atoms with Gasteiger partial charge in [0, 0.05) is 23.1 Å². The van der Waals surface area contributed by atoms with E-state index in [1.54, 1.807) is 0 Å².